The molecule has 0 radical (unpaired) electrons. The zero-order valence-electron chi connectivity index (χ0n) is 14.6. The molecule has 0 aliphatic heterocycles. The molecular formula is C24H21N. The van der Waals surface area contributed by atoms with Crippen molar-refractivity contribution in [3.05, 3.63) is 102 Å². The average molecular weight is 323 g/mol. The number of aryl methyl sites for hydroxylation is 2. The fourth-order valence-electron chi connectivity index (χ4n) is 3.19. The van der Waals surface area contributed by atoms with Gasteiger partial charge < -0.3 is 4.57 Å². The Morgan fingerprint density at radius 3 is 1.56 bits per heavy atom. The zero-order chi connectivity index (χ0) is 17.2. The highest BCUT2D eigenvalue weighted by atomic mass is 14.9. The van der Waals surface area contributed by atoms with Crippen LogP contribution in [0.1, 0.15) is 11.1 Å². The molecule has 4 aromatic rings. The molecule has 25 heavy (non-hydrogen) atoms. The summed E-state index contributed by atoms with van der Waals surface area (Å²) in [5.74, 6) is 0. The van der Waals surface area contributed by atoms with Crippen molar-refractivity contribution in [1.82, 2.24) is 4.57 Å². The first-order chi connectivity index (χ1) is 12.2. The molecule has 0 fully saturated rings. The third kappa shape index (κ3) is 3.01. The molecule has 0 bridgehead atoms. The molecule has 0 aliphatic carbocycles. The van der Waals surface area contributed by atoms with Crippen LogP contribution in [0.4, 0.5) is 0 Å². The highest BCUT2D eigenvalue weighted by molar-refractivity contribution is 5.83. The molecule has 0 saturated heterocycles. The molecule has 0 N–H and O–H groups in total. The minimum atomic E-state index is 1.20. The summed E-state index contributed by atoms with van der Waals surface area (Å²) in [5, 5.41) is 0. The first-order valence-corrected chi connectivity index (χ1v) is 8.63. The summed E-state index contributed by atoms with van der Waals surface area (Å²) in [6.07, 6.45) is 4.48. The van der Waals surface area contributed by atoms with Gasteiger partial charge in [0.1, 0.15) is 0 Å². The van der Waals surface area contributed by atoms with Gasteiger partial charge in [-0.1, -0.05) is 66.7 Å². The van der Waals surface area contributed by atoms with Gasteiger partial charge in [0.05, 0.1) is 0 Å². The summed E-state index contributed by atoms with van der Waals surface area (Å²) in [5.41, 5.74) is 8.82. The maximum absolute atomic E-state index is 2.25. The van der Waals surface area contributed by atoms with E-state index in [1.807, 2.05) is 0 Å². The van der Waals surface area contributed by atoms with Crippen molar-refractivity contribution >= 4 is 0 Å². The van der Waals surface area contributed by atoms with Crippen molar-refractivity contribution in [3.8, 4) is 27.9 Å². The van der Waals surface area contributed by atoms with E-state index < -0.39 is 0 Å². The van der Waals surface area contributed by atoms with Crippen LogP contribution in [-0.2, 0) is 0 Å². The molecule has 122 valence electrons. The van der Waals surface area contributed by atoms with Crippen molar-refractivity contribution in [1.29, 1.82) is 0 Å². The molecule has 1 nitrogen and oxygen atoms in total. The van der Waals surface area contributed by atoms with E-state index in [0.29, 0.717) is 0 Å². The molecule has 1 heterocycles. The molecule has 0 aliphatic rings. The second kappa shape index (κ2) is 6.45. The van der Waals surface area contributed by atoms with E-state index in [9.17, 15) is 0 Å². The summed E-state index contributed by atoms with van der Waals surface area (Å²) in [6, 6.07) is 27.8. The fourth-order valence-corrected chi connectivity index (χ4v) is 3.19. The Balaban J connectivity index is 1.90. The predicted octanol–water partition coefficient (Wildman–Crippen LogP) is 6.43. The van der Waals surface area contributed by atoms with Gasteiger partial charge in [0.25, 0.3) is 0 Å². The van der Waals surface area contributed by atoms with Gasteiger partial charge in [-0.3, -0.25) is 0 Å². The van der Waals surface area contributed by atoms with Crippen molar-refractivity contribution in [3.63, 3.8) is 0 Å². The maximum Gasteiger partial charge on any atom is 0.0452 e. The van der Waals surface area contributed by atoms with E-state index in [4.69, 9.17) is 0 Å². The van der Waals surface area contributed by atoms with Gasteiger partial charge >= 0.3 is 0 Å². The lowest BCUT2D eigenvalue weighted by Gasteiger charge is -2.06. The Hall–Kier alpha value is -3.06. The number of hydrogen-bond acceptors (Lipinski definition) is 0. The number of hydrogen-bond donors (Lipinski definition) is 0. The minimum absolute atomic E-state index is 1.20. The molecule has 0 atom stereocenters. The number of benzene rings is 3. The summed E-state index contributed by atoms with van der Waals surface area (Å²) in [7, 11) is 0. The van der Waals surface area contributed by atoms with Crippen LogP contribution in [0.25, 0.3) is 27.9 Å². The van der Waals surface area contributed by atoms with Crippen molar-refractivity contribution in [2.75, 3.05) is 0 Å². The van der Waals surface area contributed by atoms with Crippen LogP contribution >= 0.6 is 0 Å². The van der Waals surface area contributed by atoms with Crippen LogP contribution in [0.15, 0.2) is 91.3 Å². The monoisotopic (exact) mass is 323 g/mol. The van der Waals surface area contributed by atoms with Crippen molar-refractivity contribution in [2.24, 2.45) is 0 Å². The smallest absolute Gasteiger partial charge is 0.0452 e. The second-order valence-corrected chi connectivity index (χ2v) is 6.49. The lowest BCUT2D eigenvalue weighted by molar-refractivity contribution is 1.07. The van der Waals surface area contributed by atoms with Crippen molar-refractivity contribution < 1.29 is 0 Å². The summed E-state index contributed by atoms with van der Waals surface area (Å²) < 4.78 is 2.23. The standard InChI is InChI=1S/C24H21N/c1-18-13-14-22(15-19(18)2)25-16-23(20-9-5-3-6-10-20)24(17-25)21-11-7-4-8-12-21/h3-17H,1-2H3. The molecule has 1 aromatic heterocycles. The van der Waals surface area contributed by atoms with Gasteiger partial charge in [0.15, 0.2) is 0 Å². The maximum atomic E-state index is 2.25. The Labute approximate surface area is 149 Å². The fraction of sp³-hybridized carbons (Fsp3) is 0.0833. The normalized spacial score (nSPS) is 10.8. The highest BCUT2D eigenvalue weighted by Gasteiger charge is 2.12. The van der Waals surface area contributed by atoms with Gasteiger partial charge in [0, 0.05) is 29.2 Å². The average Bonchev–Trinajstić information content (AvgIpc) is 3.11. The largest absolute Gasteiger partial charge is 0.323 e. The Morgan fingerprint density at radius 1 is 0.560 bits per heavy atom. The molecule has 0 spiro atoms. The van der Waals surface area contributed by atoms with Crippen LogP contribution in [0.3, 0.4) is 0 Å². The lowest BCUT2D eigenvalue weighted by atomic mass is 9.99. The number of rotatable bonds is 3. The molecule has 0 saturated carbocycles. The number of nitrogens with zero attached hydrogens (tertiary/aromatic N) is 1. The molecule has 1 heteroatoms. The van der Waals surface area contributed by atoms with E-state index in [1.54, 1.807) is 0 Å². The molecular weight excluding hydrogens is 302 g/mol. The van der Waals surface area contributed by atoms with Crippen molar-refractivity contribution in [2.45, 2.75) is 13.8 Å². The number of aromatic nitrogens is 1. The molecule has 3 aromatic carbocycles. The van der Waals surface area contributed by atoms with E-state index in [-0.39, 0.29) is 0 Å². The van der Waals surface area contributed by atoms with Crippen LogP contribution in [0.5, 0.6) is 0 Å². The molecule has 0 unspecified atom stereocenters. The van der Waals surface area contributed by atoms with Crippen LogP contribution in [0.2, 0.25) is 0 Å². The van der Waals surface area contributed by atoms with Gasteiger partial charge in [-0.05, 0) is 48.2 Å². The topological polar surface area (TPSA) is 4.93 Å². The lowest BCUT2D eigenvalue weighted by Crippen LogP contribution is -1.91. The SMILES string of the molecule is Cc1ccc(-n2cc(-c3ccccc3)c(-c3ccccc3)c2)cc1C. The molecule has 0 amide bonds. The van der Waals surface area contributed by atoms with Gasteiger partial charge in [0.2, 0.25) is 0 Å². The zero-order valence-corrected chi connectivity index (χ0v) is 14.6. The first kappa shape index (κ1) is 15.5. The third-order valence-corrected chi connectivity index (χ3v) is 4.78. The van der Waals surface area contributed by atoms with Gasteiger partial charge in [-0.15, -0.1) is 0 Å². The van der Waals surface area contributed by atoms with Crippen LogP contribution in [0, 0.1) is 13.8 Å². The van der Waals surface area contributed by atoms with Gasteiger partial charge in [-0.25, -0.2) is 0 Å². The Morgan fingerprint density at radius 2 is 1.08 bits per heavy atom. The van der Waals surface area contributed by atoms with Crippen LogP contribution in [-0.4, -0.2) is 4.57 Å². The Kier molecular flexibility index (Phi) is 3.99. The Bertz CT molecular complexity index is 938. The summed E-state index contributed by atoms with van der Waals surface area (Å²) >= 11 is 0. The van der Waals surface area contributed by atoms with Gasteiger partial charge in [-0.2, -0.15) is 0 Å². The highest BCUT2D eigenvalue weighted by Crippen LogP contribution is 2.34. The van der Waals surface area contributed by atoms with E-state index in [1.165, 1.54) is 39.1 Å². The van der Waals surface area contributed by atoms with E-state index in [2.05, 4.69) is 110 Å². The minimum Gasteiger partial charge on any atom is -0.323 e. The quantitative estimate of drug-likeness (QED) is 0.409. The van der Waals surface area contributed by atoms with E-state index >= 15 is 0 Å². The third-order valence-electron chi connectivity index (χ3n) is 4.78. The first-order valence-electron chi connectivity index (χ1n) is 8.63. The summed E-state index contributed by atoms with van der Waals surface area (Å²) in [6.45, 7) is 4.32. The van der Waals surface area contributed by atoms with Crippen LogP contribution < -0.4 is 0 Å². The summed E-state index contributed by atoms with van der Waals surface area (Å²) in [4.78, 5) is 0. The second-order valence-electron chi connectivity index (χ2n) is 6.49. The molecule has 4 rings (SSSR count). The predicted molar refractivity (Wildman–Crippen MR) is 106 cm³/mol. The van der Waals surface area contributed by atoms with E-state index in [0.717, 1.165) is 0 Å².